The minimum absolute atomic E-state index is 0.163. The number of nitriles is 1. The van der Waals surface area contributed by atoms with Crippen molar-refractivity contribution in [3.05, 3.63) is 71.0 Å². The molecule has 0 saturated carbocycles. The number of nitrogens with zero attached hydrogens (tertiary/aromatic N) is 1. The van der Waals surface area contributed by atoms with Gasteiger partial charge in [0.05, 0.1) is 11.6 Å². The molecule has 0 saturated heterocycles. The van der Waals surface area contributed by atoms with Gasteiger partial charge >= 0.3 is 0 Å². The summed E-state index contributed by atoms with van der Waals surface area (Å²) in [6, 6.07) is 9.18. The lowest BCUT2D eigenvalue weighted by atomic mass is 9.91. The van der Waals surface area contributed by atoms with E-state index in [-0.39, 0.29) is 5.56 Å². The molecular formula is C15H8F3NO. The molecule has 2 aromatic rings. The lowest BCUT2D eigenvalue weighted by Crippen LogP contribution is -2.14. The van der Waals surface area contributed by atoms with Crippen LogP contribution in [-0.2, 0) is 0 Å². The zero-order valence-corrected chi connectivity index (χ0v) is 10.1. The average molecular weight is 275 g/mol. The molecule has 0 radical (unpaired) electrons. The Morgan fingerprint density at radius 2 is 1.75 bits per heavy atom. The van der Waals surface area contributed by atoms with Gasteiger partial charge in [0.25, 0.3) is 0 Å². The van der Waals surface area contributed by atoms with Crippen molar-refractivity contribution in [3.8, 4) is 6.07 Å². The summed E-state index contributed by atoms with van der Waals surface area (Å²) in [4.78, 5) is 12.1. The number of hydrogen-bond acceptors (Lipinski definition) is 2. The Kier molecular flexibility index (Phi) is 3.85. The number of carbonyl (C=O) groups excluding carboxylic acids is 1. The quantitative estimate of drug-likeness (QED) is 0.803. The molecule has 0 aliphatic rings. The van der Waals surface area contributed by atoms with E-state index >= 15 is 0 Å². The number of Topliss-reactive ketones (excluding diaryl/α,β-unsaturated/α-hetero) is 1. The van der Waals surface area contributed by atoms with Gasteiger partial charge in [-0.15, -0.1) is 0 Å². The van der Waals surface area contributed by atoms with Gasteiger partial charge in [-0.1, -0.05) is 18.2 Å². The Morgan fingerprint density at radius 1 is 1.05 bits per heavy atom. The molecule has 0 bridgehead atoms. The molecule has 2 aromatic carbocycles. The predicted molar refractivity (Wildman–Crippen MR) is 65.4 cm³/mol. The van der Waals surface area contributed by atoms with Crippen LogP contribution >= 0.6 is 0 Å². The highest BCUT2D eigenvalue weighted by Crippen LogP contribution is 2.24. The Bertz CT molecular complexity index is 707. The monoisotopic (exact) mass is 275 g/mol. The van der Waals surface area contributed by atoms with Crippen LogP contribution in [0.5, 0.6) is 0 Å². The van der Waals surface area contributed by atoms with Crippen molar-refractivity contribution in [2.24, 2.45) is 0 Å². The highest BCUT2D eigenvalue weighted by Gasteiger charge is 2.26. The molecule has 0 aliphatic heterocycles. The van der Waals surface area contributed by atoms with Crippen LogP contribution in [0.25, 0.3) is 0 Å². The molecule has 0 aliphatic carbocycles. The summed E-state index contributed by atoms with van der Waals surface area (Å²) in [7, 11) is 0. The molecule has 0 fully saturated rings. The highest BCUT2D eigenvalue weighted by atomic mass is 19.1. The maximum atomic E-state index is 13.6. The highest BCUT2D eigenvalue weighted by molar-refractivity contribution is 6.03. The van der Waals surface area contributed by atoms with Crippen molar-refractivity contribution < 1.29 is 18.0 Å². The first-order valence-electron chi connectivity index (χ1n) is 5.68. The van der Waals surface area contributed by atoms with Gasteiger partial charge in [-0.25, -0.2) is 13.2 Å². The lowest BCUT2D eigenvalue weighted by molar-refractivity contribution is 0.0973. The first kappa shape index (κ1) is 13.8. The topological polar surface area (TPSA) is 40.9 Å². The zero-order valence-electron chi connectivity index (χ0n) is 10.1. The summed E-state index contributed by atoms with van der Waals surface area (Å²) in [5, 5.41) is 9.04. The van der Waals surface area contributed by atoms with Crippen LogP contribution in [0.15, 0.2) is 42.5 Å². The Balaban J connectivity index is 2.48. The maximum absolute atomic E-state index is 13.6. The van der Waals surface area contributed by atoms with Crippen molar-refractivity contribution in [2.45, 2.75) is 5.92 Å². The summed E-state index contributed by atoms with van der Waals surface area (Å²) in [5.41, 5.74) is -0.733. The number of rotatable bonds is 3. The van der Waals surface area contributed by atoms with E-state index in [4.69, 9.17) is 5.26 Å². The van der Waals surface area contributed by atoms with Crippen LogP contribution in [0.4, 0.5) is 13.2 Å². The van der Waals surface area contributed by atoms with Gasteiger partial charge in [-0.3, -0.25) is 4.79 Å². The number of ketones is 1. The molecule has 0 aromatic heterocycles. The number of benzene rings is 2. The second kappa shape index (κ2) is 5.57. The standard InChI is InChI=1S/C15H8F3NO/c16-9-5-6-14(18)11(7-9)15(20)12(8-19)10-3-1-2-4-13(10)17/h1-7,12H. The molecule has 2 nitrogen and oxygen atoms in total. The molecule has 0 heterocycles. The van der Waals surface area contributed by atoms with Gasteiger partial charge in [-0.2, -0.15) is 5.26 Å². The summed E-state index contributed by atoms with van der Waals surface area (Å²) >= 11 is 0. The van der Waals surface area contributed by atoms with Crippen molar-refractivity contribution in [3.63, 3.8) is 0 Å². The largest absolute Gasteiger partial charge is 0.292 e. The average Bonchev–Trinajstić information content (AvgIpc) is 2.44. The second-order valence-corrected chi connectivity index (χ2v) is 4.07. The maximum Gasteiger partial charge on any atom is 0.187 e. The van der Waals surface area contributed by atoms with Crippen molar-refractivity contribution in [1.29, 1.82) is 5.26 Å². The van der Waals surface area contributed by atoms with Crippen LogP contribution in [0.3, 0.4) is 0 Å². The Morgan fingerprint density at radius 3 is 2.40 bits per heavy atom. The summed E-state index contributed by atoms with van der Waals surface area (Å²) in [6.07, 6.45) is 0. The van der Waals surface area contributed by atoms with E-state index in [0.717, 1.165) is 18.2 Å². The van der Waals surface area contributed by atoms with E-state index in [2.05, 4.69) is 0 Å². The summed E-state index contributed by atoms with van der Waals surface area (Å²) in [6.45, 7) is 0. The fourth-order valence-electron chi connectivity index (χ4n) is 1.82. The SMILES string of the molecule is N#CC(C(=O)c1cc(F)ccc1F)c1ccccc1F. The molecule has 5 heteroatoms. The first-order valence-corrected chi connectivity index (χ1v) is 5.68. The van der Waals surface area contributed by atoms with E-state index in [1.165, 1.54) is 18.2 Å². The molecule has 1 atom stereocenters. The second-order valence-electron chi connectivity index (χ2n) is 4.07. The van der Waals surface area contributed by atoms with Crippen molar-refractivity contribution >= 4 is 5.78 Å². The van der Waals surface area contributed by atoms with E-state index in [1.807, 2.05) is 0 Å². The molecule has 1 unspecified atom stereocenters. The molecule has 20 heavy (non-hydrogen) atoms. The Labute approximate surface area is 113 Å². The summed E-state index contributed by atoms with van der Waals surface area (Å²) in [5.74, 6) is -5.00. The van der Waals surface area contributed by atoms with Crippen molar-refractivity contribution in [1.82, 2.24) is 0 Å². The van der Waals surface area contributed by atoms with E-state index in [9.17, 15) is 18.0 Å². The van der Waals surface area contributed by atoms with Crippen LogP contribution in [0, 0.1) is 28.8 Å². The van der Waals surface area contributed by atoms with Crippen LogP contribution in [0.1, 0.15) is 21.8 Å². The summed E-state index contributed by atoms with van der Waals surface area (Å²) < 4.78 is 40.2. The molecule has 0 amide bonds. The number of carbonyl (C=O) groups is 1. The minimum Gasteiger partial charge on any atom is -0.292 e. The zero-order chi connectivity index (χ0) is 14.7. The van der Waals surface area contributed by atoms with Gasteiger partial charge in [-0.05, 0) is 24.3 Å². The van der Waals surface area contributed by atoms with Crippen LogP contribution < -0.4 is 0 Å². The number of halogens is 3. The minimum atomic E-state index is -1.52. The normalized spacial score (nSPS) is 11.7. The van der Waals surface area contributed by atoms with E-state index in [1.54, 1.807) is 6.07 Å². The molecule has 100 valence electrons. The van der Waals surface area contributed by atoms with E-state index < -0.39 is 34.7 Å². The van der Waals surface area contributed by atoms with Gasteiger partial charge in [0.2, 0.25) is 0 Å². The number of hydrogen-bond donors (Lipinski definition) is 0. The van der Waals surface area contributed by atoms with Gasteiger partial charge < -0.3 is 0 Å². The third-order valence-electron chi connectivity index (χ3n) is 2.80. The fourth-order valence-corrected chi connectivity index (χ4v) is 1.82. The van der Waals surface area contributed by atoms with Crippen molar-refractivity contribution in [2.75, 3.05) is 0 Å². The van der Waals surface area contributed by atoms with Gasteiger partial charge in [0, 0.05) is 5.56 Å². The lowest BCUT2D eigenvalue weighted by Gasteiger charge is -2.10. The van der Waals surface area contributed by atoms with Gasteiger partial charge in [0.1, 0.15) is 23.4 Å². The smallest absolute Gasteiger partial charge is 0.187 e. The van der Waals surface area contributed by atoms with Crippen LogP contribution in [0.2, 0.25) is 0 Å². The molecular weight excluding hydrogens is 267 g/mol. The van der Waals surface area contributed by atoms with Crippen LogP contribution in [-0.4, -0.2) is 5.78 Å². The molecule has 2 rings (SSSR count). The third-order valence-corrected chi connectivity index (χ3v) is 2.80. The third kappa shape index (κ3) is 2.54. The van der Waals surface area contributed by atoms with E-state index in [0.29, 0.717) is 6.07 Å². The molecule has 0 spiro atoms. The Hall–Kier alpha value is -2.61. The first-order chi connectivity index (χ1) is 9.54. The fraction of sp³-hybridized carbons (Fsp3) is 0.0667. The van der Waals surface area contributed by atoms with Gasteiger partial charge in [0.15, 0.2) is 5.78 Å². The molecule has 0 N–H and O–H groups in total. The predicted octanol–water partition coefficient (Wildman–Crippen LogP) is 3.59.